The first-order valence-electron chi connectivity index (χ1n) is 9.96. The molecular weight excluding hydrogens is 474 g/mol. The molecule has 2 aliphatic rings. The van der Waals surface area contributed by atoms with Gasteiger partial charge in [0, 0.05) is 28.9 Å². The Labute approximate surface area is 189 Å². The number of nitrogens with two attached hydrogens (primary N) is 2. The quantitative estimate of drug-likeness (QED) is 0.257. The number of carbonyl (C=O) groups excluding carboxylic acids is 2. The second kappa shape index (κ2) is 7.88. The van der Waals surface area contributed by atoms with Crippen molar-refractivity contribution in [3.05, 3.63) is 46.5 Å². The molecule has 13 heteroatoms. The summed E-state index contributed by atoms with van der Waals surface area (Å²) in [6.45, 7) is 0. The molecule has 0 aliphatic heterocycles. The lowest BCUT2D eigenvalue weighted by Gasteiger charge is -2.30. The smallest absolute Gasteiger partial charge is 0.296 e. The first-order valence-corrected chi connectivity index (χ1v) is 12.8. The van der Waals surface area contributed by atoms with Crippen molar-refractivity contribution >= 4 is 43.2 Å². The molecule has 0 radical (unpaired) electrons. The second-order valence-corrected chi connectivity index (χ2v) is 11.0. The highest BCUT2D eigenvalue weighted by Gasteiger charge is 2.37. The van der Waals surface area contributed by atoms with Crippen molar-refractivity contribution in [3.63, 3.8) is 0 Å². The lowest BCUT2D eigenvalue weighted by molar-refractivity contribution is 0.0979. The van der Waals surface area contributed by atoms with E-state index in [2.05, 4.69) is 5.32 Å². The minimum Gasteiger partial charge on any atom is -0.397 e. The van der Waals surface area contributed by atoms with E-state index in [9.17, 15) is 35.5 Å². The Kier molecular flexibility index (Phi) is 5.57. The number of fused-ring (bicyclic) bond motifs is 2. The molecule has 33 heavy (non-hydrogen) atoms. The molecule has 11 nitrogen and oxygen atoms in total. The van der Waals surface area contributed by atoms with E-state index in [4.69, 9.17) is 11.5 Å². The first kappa shape index (κ1) is 23.3. The number of carbonyl (C=O) groups is 2. The van der Waals surface area contributed by atoms with Crippen LogP contribution in [0.3, 0.4) is 0 Å². The Morgan fingerprint density at radius 2 is 1.45 bits per heavy atom. The van der Waals surface area contributed by atoms with Crippen LogP contribution in [0.5, 0.6) is 0 Å². The second-order valence-electron chi connectivity index (χ2n) is 8.16. The van der Waals surface area contributed by atoms with Crippen LogP contribution in [-0.4, -0.2) is 49.6 Å². The topological polar surface area (TPSA) is 207 Å². The van der Waals surface area contributed by atoms with Crippen LogP contribution in [0.4, 0.5) is 11.4 Å². The average molecular weight is 496 g/mol. The van der Waals surface area contributed by atoms with E-state index in [1.807, 2.05) is 0 Å². The van der Waals surface area contributed by atoms with Gasteiger partial charge < -0.3 is 16.8 Å². The molecule has 1 fully saturated rings. The molecule has 0 bridgehead atoms. The van der Waals surface area contributed by atoms with E-state index >= 15 is 0 Å². The summed E-state index contributed by atoms with van der Waals surface area (Å²) in [6, 6.07) is 3.67. The van der Waals surface area contributed by atoms with Gasteiger partial charge >= 0.3 is 0 Å². The highest BCUT2D eigenvalue weighted by Crippen LogP contribution is 2.40. The van der Waals surface area contributed by atoms with Crippen molar-refractivity contribution in [1.29, 1.82) is 0 Å². The summed E-state index contributed by atoms with van der Waals surface area (Å²) in [6.07, 6.45) is 2.61. The fourth-order valence-corrected chi connectivity index (χ4v) is 5.45. The molecule has 0 spiro atoms. The predicted octanol–water partition coefficient (Wildman–Crippen LogP) is 1.22. The molecule has 2 aliphatic carbocycles. The van der Waals surface area contributed by atoms with Gasteiger partial charge in [-0.25, -0.2) is 0 Å². The molecule has 0 atom stereocenters. The zero-order chi connectivity index (χ0) is 24.3. The van der Waals surface area contributed by atoms with Crippen LogP contribution in [0.25, 0.3) is 0 Å². The highest BCUT2D eigenvalue weighted by atomic mass is 32.2. The summed E-state index contributed by atoms with van der Waals surface area (Å²) in [5.41, 5.74) is 10.1. The third-order valence-electron chi connectivity index (χ3n) is 5.97. The highest BCUT2D eigenvalue weighted by molar-refractivity contribution is 7.86. The van der Waals surface area contributed by atoms with Crippen LogP contribution < -0.4 is 16.8 Å². The van der Waals surface area contributed by atoms with Crippen molar-refractivity contribution in [2.45, 2.75) is 47.6 Å². The number of rotatable bonds is 4. The molecule has 0 aromatic heterocycles. The molecule has 4 rings (SSSR count). The summed E-state index contributed by atoms with van der Waals surface area (Å²) in [7, 11) is -9.50. The van der Waals surface area contributed by atoms with Gasteiger partial charge in [0.25, 0.3) is 20.2 Å². The molecule has 1 saturated carbocycles. The number of ketones is 2. The number of anilines is 2. The standard InChI is InChI=1S/C20H21N3O8S2/c21-9-1-3-10(4-2-9)23-14-8-15(33(29,30)31)18(22)17-16(14)20(25)13-7-11(32(26,27)28)5-6-12(13)19(17)24/h5-10,23H,1-4,21-22H2,(H,26,27,28)(H,29,30,31). The van der Waals surface area contributed by atoms with Crippen molar-refractivity contribution < 1.29 is 35.5 Å². The van der Waals surface area contributed by atoms with Gasteiger partial charge in [0.1, 0.15) is 4.90 Å². The Bertz CT molecular complexity index is 1410. The van der Waals surface area contributed by atoms with Gasteiger partial charge in [-0.3, -0.25) is 18.7 Å². The van der Waals surface area contributed by atoms with Crippen molar-refractivity contribution in [2.75, 3.05) is 11.1 Å². The normalized spacial score (nSPS) is 20.8. The van der Waals surface area contributed by atoms with Crippen LogP contribution in [0.1, 0.15) is 57.5 Å². The molecular formula is C20H21N3O8S2. The average Bonchev–Trinajstić information content (AvgIpc) is 2.72. The molecule has 0 unspecified atom stereocenters. The summed E-state index contributed by atoms with van der Waals surface area (Å²) in [5.74, 6) is -1.60. The largest absolute Gasteiger partial charge is 0.397 e. The van der Waals surface area contributed by atoms with E-state index in [-0.39, 0.29) is 34.5 Å². The van der Waals surface area contributed by atoms with Gasteiger partial charge in [0.15, 0.2) is 11.6 Å². The van der Waals surface area contributed by atoms with E-state index in [0.29, 0.717) is 25.7 Å². The Morgan fingerprint density at radius 3 is 2.03 bits per heavy atom. The van der Waals surface area contributed by atoms with Gasteiger partial charge in [-0.1, -0.05) is 0 Å². The van der Waals surface area contributed by atoms with E-state index in [1.54, 1.807) is 0 Å². The summed E-state index contributed by atoms with van der Waals surface area (Å²) >= 11 is 0. The lowest BCUT2D eigenvalue weighted by atomic mass is 9.82. The number of nitrogen functional groups attached to an aromatic ring is 1. The van der Waals surface area contributed by atoms with Gasteiger partial charge in [-0.05, 0) is 49.9 Å². The van der Waals surface area contributed by atoms with E-state index < -0.39 is 52.8 Å². The molecule has 2 aromatic rings. The van der Waals surface area contributed by atoms with Crippen molar-refractivity contribution in [3.8, 4) is 0 Å². The van der Waals surface area contributed by atoms with Crippen molar-refractivity contribution in [1.82, 2.24) is 0 Å². The number of nitrogens with one attached hydrogen (secondary N) is 1. The zero-order valence-corrected chi connectivity index (χ0v) is 18.7. The van der Waals surface area contributed by atoms with Gasteiger partial charge in [-0.15, -0.1) is 0 Å². The SMILES string of the molecule is Nc1c(S(=O)(=O)O)cc(NC2CCC(N)CC2)c2c1C(=O)c1ccc(S(=O)(=O)O)cc1C2=O. The fraction of sp³-hybridized carbons (Fsp3) is 0.300. The molecule has 2 aromatic carbocycles. The summed E-state index contributed by atoms with van der Waals surface area (Å²) < 4.78 is 66.0. The Hall–Kier alpha value is -2.84. The van der Waals surface area contributed by atoms with Gasteiger partial charge in [0.2, 0.25) is 0 Å². The maximum Gasteiger partial charge on any atom is 0.296 e. The summed E-state index contributed by atoms with van der Waals surface area (Å²) in [4.78, 5) is 25.3. The van der Waals surface area contributed by atoms with Crippen LogP contribution >= 0.6 is 0 Å². The van der Waals surface area contributed by atoms with E-state index in [0.717, 1.165) is 24.3 Å². The number of benzene rings is 2. The zero-order valence-electron chi connectivity index (χ0n) is 17.1. The van der Waals surface area contributed by atoms with Gasteiger partial charge in [-0.2, -0.15) is 16.8 Å². The van der Waals surface area contributed by atoms with Crippen LogP contribution in [0.2, 0.25) is 0 Å². The van der Waals surface area contributed by atoms with Crippen LogP contribution in [0, 0.1) is 0 Å². The summed E-state index contributed by atoms with van der Waals surface area (Å²) in [5, 5.41) is 3.07. The predicted molar refractivity (Wildman–Crippen MR) is 118 cm³/mol. The molecule has 0 saturated heterocycles. The van der Waals surface area contributed by atoms with Gasteiger partial charge in [0.05, 0.1) is 21.7 Å². The van der Waals surface area contributed by atoms with Crippen LogP contribution in [-0.2, 0) is 20.2 Å². The molecule has 7 N–H and O–H groups in total. The third-order valence-corrected chi connectivity index (χ3v) is 7.71. The molecule has 0 heterocycles. The Morgan fingerprint density at radius 1 is 0.848 bits per heavy atom. The maximum atomic E-state index is 13.4. The van der Waals surface area contributed by atoms with E-state index in [1.165, 1.54) is 0 Å². The minimum atomic E-state index is -4.84. The molecule has 0 amide bonds. The van der Waals surface area contributed by atoms with Crippen LogP contribution in [0.15, 0.2) is 34.1 Å². The third kappa shape index (κ3) is 4.13. The fourth-order valence-electron chi connectivity index (χ4n) is 4.29. The Balaban J connectivity index is 1.94. The number of hydrogen-bond acceptors (Lipinski definition) is 9. The monoisotopic (exact) mass is 495 g/mol. The lowest BCUT2D eigenvalue weighted by Crippen LogP contribution is -2.34. The number of hydrogen-bond donors (Lipinski definition) is 5. The van der Waals surface area contributed by atoms with Crippen molar-refractivity contribution in [2.24, 2.45) is 5.73 Å². The minimum absolute atomic E-state index is 0.0192. The first-order chi connectivity index (χ1) is 15.3. The maximum absolute atomic E-state index is 13.4. The molecule has 176 valence electrons.